The second-order valence-corrected chi connectivity index (χ2v) is 17.2. The van der Waals surface area contributed by atoms with Crippen LogP contribution in [-0.4, -0.2) is 49.8 Å². The Balaban J connectivity index is 3.17. The van der Waals surface area contributed by atoms with Crippen molar-refractivity contribution in [3.05, 3.63) is 24.3 Å². The summed E-state index contributed by atoms with van der Waals surface area (Å²) < 4.78 is 19.0. The highest BCUT2D eigenvalue weighted by Gasteiger charge is 2.41. The molecule has 1 rings (SSSR count). The normalized spacial score (nSPS) is 20.9. The second-order valence-electron chi connectivity index (χ2n) is 12.5. The number of Topliss-reactive ketones (excluding diaryl/α,β-unsaturated/α-hetero) is 1. The zero-order chi connectivity index (χ0) is 28.3. The Bertz CT molecular complexity index is 765. The molecule has 1 N–H and O–H groups in total. The molecule has 0 bridgehead atoms. The third-order valence-corrected chi connectivity index (χ3v) is 12.2. The average Bonchev–Trinajstić information content (AvgIpc) is 3.12. The zero-order valence-electron chi connectivity index (χ0n) is 25.0. The van der Waals surface area contributed by atoms with Crippen LogP contribution in [0.5, 0.6) is 0 Å². The van der Waals surface area contributed by atoms with Crippen LogP contribution in [0.4, 0.5) is 0 Å². The molecule has 37 heavy (non-hydrogen) atoms. The molecule has 1 aliphatic rings. The van der Waals surface area contributed by atoms with Gasteiger partial charge in [-0.05, 0) is 64.6 Å². The van der Waals surface area contributed by atoms with Crippen molar-refractivity contribution in [1.82, 2.24) is 0 Å². The van der Waals surface area contributed by atoms with E-state index in [1.54, 1.807) is 6.92 Å². The van der Waals surface area contributed by atoms with Gasteiger partial charge in [0.1, 0.15) is 5.78 Å². The molecule has 1 heterocycles. The summed E-state index contributed by atoms with van der Waals surface area (Å²) >= 11 is 0. The van der Waals surface area contributed by atoms with Gasteiger partial charge in [-0.1, -0.05) is 71.3 Å². The predicted octanol–water partition coefficient (Wildman–Crippen LogP) is 7.69. The summed E-state index contributed by atoms with van der Waals surface area (Å²) in [6.07, 6.45) is 14.6. The molecule has 214 valence electrons. The highest BCUT2D eigenvalue weighted by molar-refractivity contribution is 6.74. The average molecular weight is 539 g/mol. The molecule has 4 unspecified atom stereocenters. The summed E-state index contributed by atoms with van der Waals surface area (Å²) in [5.74, 6) is -1.73. The van der Waals surface area contributed by atoms with Gasteiger partial charge in [0.15, 0.2) is 14.1 Å². The minimum Gasteiger partial charge on any atom is -0.481 e. The molecule has 1 saturated heterocycles. The molecule has 4 atom stereocenters. The van der Waals surface area contributed by atoms with E-state index in [0.717, 1.165) is 19.3 Å². The Labute approximate surface area is 227 Å². The zero-order valence-corrected chi connectivity index (χ0v) is 26.0. The molecule has 0 aliphatic carbocycles. The standard InChI is InChI=1S/C30H54O6Si/c1-10-11-14-17-24(36-37(8,9)29(3,4)5)20-21-26(27-22-34-30(6,7)35-27)25(23(2)31)18-15-12-13-16-19-28(32)33/h12,15,20-21,24-27H,10-11,13-14,16-19,22H2,1-9H3,(H,32,33)/b15-12-,21-20+. The lowest BCUT2D eigenvalue weighted by Crippen LogP contribution is -2.43. The van der Waals surface area contributed by atoms with Gasteiger partial charge in [-0.3, -0.25) is 9.59 Å². The molecule has 0 spiro atoms. The van der Waals surface area contributed by atoms with E-state index in [2.05, 4.69) is 52.9 Å². The molecule has 0 aromatic rings. The first kappa shape index (κ1) is 33.7. The fraction of sp³-hybridized carbons (Fsp3) is 0.800. The van der Waals surface area contributed by atoms with Crippen LogP contribution in [-0.2, 0) is 23.5 Å². The van der Waals surface area contributed by atoms with Crippen LogP contribution in [0.25, 0.3) is 0 Å². The lowest BCUT2D eigenvalue weighted by Gasteiger charge is -2.39. The number of allylic oxidation sites excluding steroid dienone is 2. The smallest absolute Gasteiger partial charge is 0.303 e. The van der Waals surface area contributed by atoms with Gasteiger partial charge in [-0.15, -0.1) is 0 Å². The number of carbonyl (C=O) groups excluding carboxylic acids is 1. The van der Waals surface area contributed by atoms with E-state index in [0.29, 0.717) is 25.9 Å². The summed E-state index contributed by atoms with van der Waals surface area (Å²) in [5.41, 5.74) is 0. The van der Waals surface area contributed by atoms with Crippen molar-refractivity contribution in [2.75, 3.05) is 6.61 Å². The van der Waals surface area contributed by atoms with E-state index in [9.17, 15) is 9.59 Å². The lowest BCUT2D eigenvalue weighted by atomic mass is 9.82. The number of hydrogen-bond acceptors (Lipinski definition) is 5. The molecule has 0 saturated carbocycles. The van der Waals surface area contributed by atoms with Gasteiger partial charge >= 0.3 is 5.97 Å². The maximum absolute atomic E-state index is 12.9. The van der Waals surface area contributed by atoms with Gasteiger partial charge in [-0.2, -0.15) is 0 Å². The Morgan fingerprint density at radius 1 is 1.14 bits per heavy atom. The van der Waals surface area contributed by atoms with Crippen molar-refractivity contribution in [2.24, 2.45) is 11.8 Å². The molecule has 6 nitrogen and oxygen atoms in total. The number of carboxylic acids is 1. The van der Waals surface area contributed by atoms with E-state index in [1.165, 1.54) is 6.42 Å². The number of ether oxygens (including phenoxy) is 2. The van der Waals surface area contributed by atoms with Crippen molar-refractivity contribution in [3.63, 3.8) is 0 Å². The summed E-state index contributed by atoms with van der Waals surface area (Å²) in [5, 5.41) is 8.96. The highest BCUT2D eigenvalue weighted by Crippen LogP contribution is 2.38. The Morgan fingerprint density at radius 2 is 1.81 bits per heavy atom. The van der Waals surface area contributed by atoms with E-state index in [1.807, 2.05) is 26.0 Å². The number of carbonyl (C=O) groups is 2. The van der Waals surface area contributed by atoms with Crippen LogP contribution in [0.2, 0.25) is 18.1 Å². The quantitative estimate of drug-likeness (QED) is 0.116. The SMILES string of the molecule is CCCCCC(/C=C/C(C1COC(C)(C)O1)C(C/C=C\CCCC(=O)O)C(C)=O)O[Si](C)(C)C(C)(C)C. The largest absolute Gasteiger partial charge is 0.481 e. The van der Waals surface area contributed by atoms with Gasteiger partial charge in [-0.25, -0.2) is 0 Å². The maximum Gasteiger partial charge on any atom is 0.303 e. The van der Waals surface area contributed by atoms with E-state index >= 15 is 0 Å². The lowest BCUT2D eigenvalue weighted by molar-refractivity contribution is -0.147. The van der Waals surface area contributed by atoms with Gasteiger partial charge in [0, 0.05) is 18.3 Å². The fourth-order valence-corrected chi connectivity index (χ4v) is 5.65. The third kappa shape index (κ3) is 12.4. The third-order valence-electron chi connectivity index (χ3n) is 7.66. The van der Waals surface area contributed by atoms with Crippen LogP contribution in [0.1, 0.15) is 99.8 Å². The first-order valence-corrected chi connectivity index (χ1v) is 17.1. The van der Waals surface area contributed by atoms with Crippen LogP contribution in [0.15, 0.2) is 24.3 Å². The van der Waals surface area contributed by atoms with Crippen molar-refractivity contribution < 1.29 is 28.6 Å². The van der Waals surface area contributed by atoms with Gasteiger partial charge in [0.2, 0.25) is 0 Å². The first-order chi connectivity index (χ1) is 17.1. The van der Waals surface area contributed by atoms with Gasteiger partial charge < -0.3 is 19.0 Å². The Hall–Kier alpha value is -1.28. The number of aliphatic carboxylic acids is 1. The Kier molecular flexibility index (Phi) is 14.0. The topological polar surface area (TPSA) is 82.1 Å². The predicted molar refractivity (Wildman–Crippen MR) is 153 cm³/mol. The fourth-order valence-electron chi connectivity index (χ4n) is 4.35. The molecular formula is C30H54O6Si. The van der Waals surface area contributed by atoms with Crippen molar-refractivity contribution in [3.8, 4) is 0 Å². The van der Waals surface area contributed by atoms with Crippen LogP contribution in [0, 0.1) is 11.8 Å². The minimum absolute atomic E-state index is 0.00411. The number of carboxylic acid groups (broad SMARTS) is 1. The Morgan fingerprint density at radius 3 is 2.32 bits per heavy atom. The molecule has 1 fully saturated rings. The van der Waals surface area contributed by atoms with E-state index < -0.39 is 20.1 Å². The van der Waals surface area contributed by atoms with Crippen molar-refractivity contribution in [1.29, 1.82) is 0 Å². The summed E-state index contributed by atoms with van der Waals surface area (Å²) in [6.45, 7) is 19.5. The monoisotopic (exact) mass is 538 g/mol. The molecule has 1 aliphatic heterocycles. The molecule has 7 heteroatoms. The number of rotatable bonds is 17. The maximum atomic E-state index is 12.9. The summed E-state index contributed by atoms with van der Waals surface area (Å²) in [7, 11) is -1.97. The summed E-state index contributed by atoms with van der Waals surface area (Å²) in [4.78, 5) is 23.6. The van der Waals surface area contributed by atoms with Crippen LogP contribution in [0.3, 0.4) is 0 Å². The molecular weight excluding hydrogens is 484 g/mol. The minimum atomic E-state index is -1.97. The highest BCUT2D eigenvalue weighted by atomic mass is 28.4. The summed E-state index contributed by atoms with van der Waals surface area (Å²) in [6, 6.07) is 0. The molecule has 0 aromatic carbocycles. The van der Waals surface area contributed by atoms with Crippen LogP contribution < -0.4 is 0 Å². The first-order valence-electron chi connectivity index (χ1n) is 14.1. The van der Waals surface area contributed by atoms with Gasteiger partial charge in [0.25, 0.3) is 0 Å². The number of ketones is 1. The number of unbranched alkanes of at least 4 members (excludes halogenated alkanes) is 3. The van der Waals surface area contributed by atoms with E-state index in [4.69, 9.17) is 19.0 Å². The molecule has 0 aromatic heterocycles. The van der Waals surface area contributed by atoms with Crippen molar-refractivity contribution >= 4 is 20.1 Å². The van der Waals surface area contributed by atoms with Gasteiger partial charge in [0.05, 0.1) is 18.8 Å². The number of hydrogen-bond donors (Lipinski definition) is 1. The van der Waals surface area contributed by atoms with E-state index in [-0.39, 0.29) is 41.3 Å². The van der Waals surface area contributed by atoms with Crippen LogP contribution >= 0.6 is 0 Å². The van der Waals surface area contributed by atoms with Crippen molar-refractivity contribution in [2.45, 2.75) is 136 Å². The second kappa shape index (κ2) is 15.3. The molecule has 0 amide bonds. The molecule has 0 radical (unpaired) electrons.